The fourth-order valence-corrected chi connectivity index (χ4v) is 4.14. The van der Waals surface area contributed by atoms with Gasteiger partial charge < -0.3 is 0 Å². The molecule has 3 rings (SSSR count). The molecule has 0 radical (unpaired) electrons. The van der Waals surface area contributed by atoms with Gasteiger partial charge >= 0.3 is 0 Å². The van der Waals surface area contributed by atoms with Gasteiger partial charge in [0.1, 0.15) is 0 Å². The molecule has 0 spiro atoms. The van der Waals surface area contributed by atoms with Crippen LogP contribution in [0.2, 0.25) is 0 Å². The zero-order chi connectivity index (χ0) is 14.3. The van der Waals surface area contributed by atoms with Gasteiger partial charge in [0.2, 0.25) is 0 Å². The van der Waals surface area contributed by atoms with E-state index in [1.807, 2.05) is 23.1 Å². The van der Waals surface area contributed by atoms with Gasteiger partial charge in [0, 0.05) is 25.1 Å². The second-order valence-electron chi connectivity index (χ2n) is 5.75. The summed E-state index contributed by atoms with van der Waals surface area (Å²) in [5.74, 6) is 1.30. The molecule has 0 nitrogen and oxygen atoms in total. The molecule has 1 atom stereocenters. The third-order valence-electron chi connectivity index (χ3n) is 4.23. The Bertz CT molecular complexity index is 753. The largest absolute Gasteiger partial charge is 0.135 e. The summed E-state index contributed by atoms with van der Waals surface area (Å²) >= 11 is 3.73. The minimum absolute atomic E-state index is 0.617. The molecule has 0 fully saturated rings. The topological polar surface area (TPSA) is 0 Å². The summed E-state index contributed by atoms with van der Waals surface area (Å²) in [6.45, 7) is 6.92. The average Bonchev–Trinajstić information content (AvgIpc) is 2.82. The van der Waals surface area contributed by atoms with Crippen LogP contribution in [0.15, 0.2) is 41.3 Å². The lowest BCUT2D eigenvalue weighted by Gasteiger charge is -2.15. The van der Waals surface area contributed by atoms with Crippen LogP contribution in [0.3, 0.4) is 0 Å². The van der Waals surface area contributed by atoms with Gasteiger partial charge in [-0.25, -0.2) is 0 Å². The summed E-state index contributed by atoms with van der Waals surface area (Å²) in [7, 11) is 0. The first-order chi connectivity index (χ1) is 9.60. The van der Waals surface area contributed by atoms with Gasteiger partial charge in [0.25, 0.3) is 0 Å². The summed E-state index contributed by atoms with van der Waals surface area (Å²) in [6.07, 6.45) is 2.14. The lowest BCUT2D eigenvalue weighted by molar-refractivity contribution is 0.535. The molecule has 104 valence electrons. The molecule has 0 aliphatic heterocycles. The number of thioether (sulfide) groups is 1. The SMILES string of the molecule is CSc1ccc2sc3cc(C(C)C(C)C)ccc3c2c1. The van der Waals surface area contributed by atoms with E-state index >= 15 is 0 Å². The van der Waals surface area contributed by atoms with Crippen molar-refractivity contribution in [3.8, 4) is 0 Å². The van der Waals surface area contributed by atoms with Gasteiger partial charge in [-0.05, 0) is 47.9 Å². The number of benzene rings is 2. The zero-order valence-electron chi connectivity index (χ0n) is 12.4. The van der Waals surface area contributed by atoms with E-state index in [-0.39, 0.29) is 0 Å². The summed E-state index contributed by atoms with van der Waals surface area (Å²) in [6, 6.07) is 13.8. The van der Waals surface area contributed by atoms with Crippen molar-refractivity contribution in [1.82, 2.24) is 0 Å². The Morgan fingerprint density at radius 1 is 0.900 bits per heavy atom. The summed E-state index contributed by atoms with van der Waals surface area (Å²) < 4.78 is 2.82. The first-order valence-electron chi connectivity index (χ1n) is 7.10. The van der Waals surface area contributed by atoms with Crippen molar-refractivity contribution in [3.63, 3.8) is 0 Å². The molecular formula is C18H20S2. The Hall–Kier alpha value is -0.990. The quantitative estimate of drug-likeness (QED) is 0.495. The van der Waals surface area contributed by atoms with Gasteiger partial charge in [-0.15, -0.1) is 23.1 Å². The molecule has 2 heteroatoms. The highest BCUT2D eigenvalue weighted by Gasteiger charge is 2.12. The molecule has 3 aromatic rings. The van der Waals surface area contributed by atoms with Crippen molar-refractivity contribution in [3.05, 3.63) is 42.0 Å². The minimum Gasteiger partial charge on any atom is -0.135 e. The lowest BCUT2D eigenvalue weighted by atomic mass is 9.90. The maximum Gasteiger partial charge on any atom is 0.0358 e. The summed E-state index contributed by atoms with van der Waals surface area (Å²) in [5.41, 5.74) is 1.46. The normalized spacial score (nSPS) is 13.4. The predicted octanol–water partition coefficient (Wildman–Crippen LogP) is 6.54. The molecular weight excluding hydrogens is 280 g/mol. The molecule has 0 amide bonds. The minimum atomic E-state index is 0.617. The van der Waals surface area contributed by atoms with Gasteiger partial charge in [-0.3, -0.25) is 0 Å². The third-order valence-corrected chi connectivity index (χ3v) is 6.09. The molecule has 0 N–H and O–H groups in total. The molecule has 1 unspecified atom stereocenters. The highest BCUT2D eigenvalue weighted by atomic mass is 32.2. The molecule has 1 heterocycles. The average molecular weight is 300 g/mol. The number of thiophene rings is 1. The van der Waals surface area contributed by atoms with Crippen LogP contribution in [0.5, 0.6) is 0 Å². The summed E-state index contributed by atoms with van der Waals surface area (Å²) in [5, 5.41) is 2.81. The van der Waals surface area contributed by atoms with Crippen molar-refractivity contribution in [2.75, 3.05) is 6.26 Å². The van der Waals surface area contributed by atoms with Crippen molar-refractivity contribution in [1.29, 1.82) is 0 Å². The van der Waals surface area contributed by atoms with Crippen LogP contribution in [0, 0.1) is 5.92 Å². The third kappa shape index (κ3) is 2.36. The van der Waals surface area contributed by atoms with Crippen LogP contribution in [0.1, 0.15) is 32.3 Å². The standard InChI is InChI=1S/C18H20S2/c1-11(2)12(3)13-5-7-15-16-10-14(19-4)6-8-17(16)20-18(15)9-13/h5-12H,1-4H3. The first-order valence-corrected chi connectivity index (χ1v) is 9.14. The second kappa shape index (κ2) is 5.42. The Labute approximate surface area is 129 Å². The Morgan fingerprint density at radius 3 is 2.40 bits per heavy atom. The Kier molecular flexibility index (Phi) is 3.78. The molecule has 0 aliphatic rings. The maximum absolute atomic E-state index is 2.39. The van der Waals surface area contributed by atoms with Gasteiger partial charge in [-0.1, -0.05) is 32.9 Å². The highest BCUT2D eigenvalue weighted by molar-refractivity contribution is 7.98. The van der Waals surface area contributed by atoms with Crippen LogP contribution in [-0.4, -0.2) is 6.26 Å². The van der Waals surface area contributed by atoms with E-state index in [9.17, 15) is 0 Å². The van der Waals surface area contributed by atoms with Crippen LogP contribution in [-0.2, 0) is 0 Å². The van der Waals surface area contributed by atoms with Crippen LogP contribution in [0.25, 0.3) is 20.2 Å². The van der Waals surface area contributed by atoms with Crippen molar-refractivity contribution < 1.29 is 0 Å². The Morgan fingerprint density at radius 2 is 1.70 bits per heavy atom. The van der Waals surface area contributed by atoms with E-state index in [0.717, 1.165) is 0 Å². The van der Waals surface area contributed by atoms with Gasteiger partial charge in [-0.2, -0.15) is 0 Å². The number of rotatable bonds is 3. The number of hydrogen-bond donors (Lipinski definition) is 0. The van der Waals surface area contributed by atoms with E-state index in [1.54, 1.807) is 0 Å². The molecule has 20 heavy (non-hydrogen) atoms. The van der Waals surface area contributed by atoms with E-state index in [1.165, 1.54) is 30.6 Å². The molecule has 1 aromatic heterocycles. The second-order valence-corrected chi connectivity index (χ2v) is 7.72. The van der Waals surface area contributed by atoms with Crippen molar-refractivity contribution in [2.45, 2.75) is 31.6 Å². The molecule has 0 bridgehead atoms. The van der Waals surface area contributed by atoms with Crippen LogP contribution < -0.4 is 0 Å². The number of hydrogen-bond acceptors (Lipinski definition) is 2. The molecule has 0 saturated heterocycles. The monoisotopic (exact) mass is 300 g/mol. The Balaban J connectivity index is 2.18. The summed E-state index contributed by atoms with van der Waals surface area (Å²) in [4.78, 5) is 1.34. The van der Waals surface area contributed by atoms with E-state index in [2.05, 4.69) is 63.4 Å². The van der Waals surface area contributed by atoms with E-state index < -0.39 is 0 Å². The first kappa shape index (κ1) is 14.0. The highest BCUT2D eigenvalue weighted by Crippen LogP contribution is 2.37. The fourth-order valence-electron chi connectivity index (χ4n) is 2.57. The van der Waals surface area contributed by atoms with Crippen LogP contribution in [0.4, 0.5) is 0 Å². The molecule has 0 saturated carbocycles. The smallest absolute Gasteiger partial charge is 0.0358 e. The number of fused-ring (bicyclic) bond motifs is 3. The van der Waals surface area contributed by atoms with Crippen molar-refractivity contribution in [2.24, 2.45) is 5.92 Å². The van der Waals surface area contributed by atoms with Gasteiger partial charge in [0.15, 0.2) is 0 Å². The lowest BCUT2D eigenvalue weighted by Crippen LogP contribution is -2.01. The van der Waals surface area contributed by atoms with Gasteiger partial charge in [0.05, 0.1) is 0 Å². The zero-order valence-corrected chi connectivity index (χ0v) is 14.1. The van der Waals surface area contributed by atoms with E-state index in [4.69, 9.17) is 0 Å². The fraction of sp³-hybridized carbons (Fsp3) is 0.333. The van der Waals surface area contributed by atoms with E-state index in [0.29, 0.717) is 11.8 Å². The van der Waals surface area contributed by atoms with Crippen LogP contribution >= 0.6 is 23.1 Å². The maximum atomic E-state index is 2.39. The van der Waals surface area contributed by atoms with Crippen molar-refractivity contribution >= 4 is 43.3 Å². The predicted molar refractivity (Wildman–Crippen MR) is 94.4 cm³/mol. The molecule has 0 aliphatic carbocycles. The molecule has 2 aromatic carbocycles.